The molecule has 0 saturated carbocycles. The van der Waals surface area contributed by atoms with E-state index in [4.69, 9.17) is 10.7 Å². The van der Waals surface area contributed by atoms with E-state index in [1.807, 2.05) is 0 Å². The average molecular weight is 247 g/mol. The number of aryl methyl sites for hydroxylation is 1. The van der Waals surface area contributed by atoms with Gasteiger partial charge >= 0.3 is 0 Å². The van der Waals surface area contributed by atoms with E-state index in [9.17, 15) is 0 Å². The Kier molecular flexibility index (Phi) is 2.76. The van der Waals surface area contributed by atoms with E-state index in [-0.39, 0.29) is 0 Å². The zero-order valence-electron chi connectivity index (χ0n) is 10.1. The van der Waals surface area contributed by atoms with Crippen molar-refractivity contribution in [3.8, 4) is 10.7 Å². The van der Waals surface area contributed by atoms with Crippen molar-refractivity contribution in [3.05, 3.63) is 28.4 Å². The molecule has 1 aliphatic heterocycles. The predicted molar refractivity (Wildman–Crippen MR) is 71.1 cm³/mol. The number of nitrogens with zero attached hydrogens (tertiary/aromatic N) is 2. The van der Waals surface area contributed by atoms with Crippen molar-refractivity contribution in [2.24, 2.45) is 5.73 Å². The van der Waals surface area contributed by atoms with Crippen LogP contribution in [0.2, 0.25) is 0 Å². The Hall–Kier alpha value is -1.13. The largest absolute Gasteiger partial charge is 0.327 e. The fourth-order valence-electron chi connectivity index (χ4n) is 2.56. The second-order valence-corrected chi connectivity index (χ2v) is 5.49. The molecule has 3 heterocycles. The minimum absolute atomic E-state index is 0.555. The van der Waals surface area contributed by atoms with Gasteiger partial charge in [0, 0.05) is 18.8 Å². The van der Waals surface area contributed by atoms with Gasteiger partial charge in [-0.2, -0.15) is 0 Å². The molecule has 0 bridgehead atoms. The number of nitrogens with two attached hydrogens (primary N) is 1. The van der Waals surface area contributed by atoms with Gasteiger partial charge in [-0.05, 0) is 43.2 Å². The van der Waals surface area contributed by atoms with Gasteiger partial charge in [0.15, 0.2) is 5.82 Å². The number of aromatic nitrogens is 2. The van der Waals surface area contributed by atoms with Crippen molar-refractivity contribution in [1.29, 1.82) is 0 Å². The number of thiophene rings is 1. The molecule has 2 N–H and O–H groups in total. The molecule has 0 aliphatic carbocycles. The first-order chi connectivity index (χ1) is 8.31. The molecular formula is C13H17N3S. The van der Waals surface area contributed by atoms with Crippen LogP contribution in [-0.4, -0.2) is 9.55 Å². The molecule has 1 aliphatic rings. The molecule has 0 fully saturated rings. The SMILES string of the molecule is Cc1ccsc1-c1nc(CN)c2n1CCCC2. The molecule has 2 aromatic heterocycles. The lowest BCUT2D eigenvalue weighted by atomic mass is 10.1. The second-order valence-electron chi connectivity index (χ2n) is 4.57. The molecule has 90 valence electrons. The quantitative estimate of drug-likeness (QED) is 0.886. The van der Waals surface area contributed by atoms with Crippen LogP contribution in [0.1, 0.15) is 29.8 Å². The highest BCUT2D eigenvalue weighted by Gasteiger charge is 2.21. The Morgan fingerprint density at radius 3 is 3.06 bits per heavy atom. The van der Waals surface area contributed by atoms with Crippen LogP contribution < -0.4 is 5.73 Å². The molecule has 0 radical (unpaired) electrons. The summed E-state index contributed by atoms with van der Waals surface area (Å²) in [5.41, 5.74) is 9.58. The van der Waals surface area contributed by atoms with E-state index in [1.165, 1.54) is 29.0 Å². The second kappa shape index (κ2) is 4.27. The summed E-state index contributed by atoms with van der Waals surface area (Å²) in [5, 5.41) is 2.14. The number of imidazole rings is 1. The predicted octanol–water partition coefficient (Wildman–Crippen LogP) is 2.72. The van der Waals surface area contributed by atoms with E-state index >= 15 is 0 Å². The van der Waals surface area contributed by atoms with Gasteiger partial charge in [0.25, 0.3) is 0 Å². The lowest BCUT2D eigenvalue weighted by Crippen LogP contribution is -2.12. The first-order valence-corrected chi connectivity index (χ1v) is 7.02. The molecule has 0 spiro atoms. The third-order valence-electron chi connectivity index (χ3n) is 3.46. The summed E-state index contributed by atoms with van der Waals surface area (Å²) in [7, 11) is 0. The summed E-state index contributed by atoms with van der Waals surface area (Å²) in [6.07, 6.45) is 3.65. The maximum atomic E-state index is 5.81. The van der Waals surface area contributed by atoms with Crippen LogP contribution in [0.5, 0.6) is 0 Å². The summed E-state index contributed by atoms with van der Waals surface area (Å²) >= 11 is 1.78. The highest BCUT2D eigenvalue weighted by atomic mass is 32.1. The Morgan fingerprint density at radius 1 is 1.47 bits per heavy atom. The van der Waals surface area contributed by atoms with Crippen molar-refractivity contribution in [1.82, 2.24) is 9.55 Å². The summed E-state index contributed by atoms with van der Waals surface area (Å²) < 4.78 is 2.38. The molecule has 3 rings (SSSR count). The van der Waals surface area contributed by atoms with Gasteiger partial charge < -0.3 is 10.3 Å². The van der Waals surface area contributed by atoms with Crippen molar-refractivity contribution >= 4 is 11.3 Å². The molecule has 17 heavy (non-hydrogen) atoms. The third kappa shape index (κ3) is 1.72. The van der Waals surface area contributed by atoms with Gasteiger partial charge in [-0.15, -0.1) is 11.3 Å². The number of fused-ring (bicyclic) bond motifs is 1. The third-order valence-corrected chi connectivity index (χ3v) is 4.47. The molecule has 0 atom stereocenters. The minimum atomic E-state index is 0.555. The fraction of sp³-hybridized carbons (Fsp3) is 0.462. The lowest BCUT2D eigenvalue weighted by molar-refractivity contribution is 0.533. The molecular weight excluding hydrogens is 230 g/mol. The highest BCUT2D eigenvalue weighted by Crippen LogP contribution is 2.32. The molecule has 0 aromatic carbocycles. The maximum absolute atomic E-state index is 5.81. The average Bonchev–Trinajstić information content (AvgIpc) is 2.92. The number of hydrogen-bond donors (Lipinski definition) is 1. The van der Waals surface area contributed by atoms with Crippen LogP contribution in [0.25, 0.3) is 10.7 Å². The van der Waals surface area contributed by atoms with Gasteiger partial charge in [-0.25, -0.2) is 4.98 Å². The van der Waals surface area contributed by atoms with E-state index in [0.717, 1.165) is 24.5 Å². The van der Waals surface area contributed by atoms with Crippen LogP contribution in [0.4, 0.5) is 0 Å². The van der Waals surface area contributed by atoms with Crippen LogP contribution >= 0.6 is 11.3 Å². The number of hydrogen-bond acceptors (Lipinski definition) is 3. The topological polar surface area (TPSA) is 43.8 Å². The summed E-state index contributed by atoms with van der Waals surface area (Å²) in [5.74, 6) is 1.13. The van der Waals surface area contributed by atoms with E-state index in [1.54, 1.807) is 11.3 Å². The molecule has 0 unspecified atom stereocenters. The van der Waals surface area contributed by atoms with Crippen molar-refractivity contribution in [3.63, 3.8) is 0 Å². The fourth-order valence-corrected chi connectivity index (χ4v) is 3.48. The molecule has 3 nitrogen and oxygen atoms in total. The smallest absolute Gasteiger partial charge is 0.150 e. The Bertz CT molecular complexity index is 539. The van der Waals surface area contributed by atoms with E-state index in [2.05, 4.69) is 22.9 Å². The summed E-state index contributed by atoms with van der Waals surface area (Å²) in [4.78, 5) is 6.06. The van der Waals surface area contributed by atoms with Gasteiger partial charge in [-0.1, -0.05) is 0 Å². The standard InChI is InChI=1S/C13H17N3S/c1-9-5-7-17-12(9)13-15-10(8-14)11-4-2-3-6-16(11)13/h5,7H,2-4,6,8,14H2,1H3. The molecule has 2 aromatic rings. The van der Waals surface area contributed by atoms with Crippen molar-refractivity contribution in [2.45, 2.75) is 39.3 Å². The van der Waals surface area contributed by atoms with Gasteiger partial charge in [-0.3, -0.25) is 0 Å². The zero-order chi connectivity index (χ0) is 11.8. The van der Waals surface area contributed by atoms with Crippen LogP contribution in [0.15, 0.2) is 11.4 Å². The lowest BCUT2D eigenvalue weighted by Gasteiger charge is -2.17. The van der Waals surface area contributed by atoms with Crippen LogP contribution in [0.3, 0.4) is 0 Å². The maximum Gasteiger partial charge on any atom is 0.150 e. The molecule has 0 amide bonds. The van der Waals surface area contributed by atoms with Crippen molar-refractivity contribution in [2.75, 3.05) is 0 Å². The first-order valence-electron chi connectivity index (χ1n) is 6.14. The van der Waals surface area contributed by atoms with Crippen molar-refractivity contribution < 1.29 is 0 Å². The van der Waals surface area contributed by atoms with Gasteiger partial charge in [0.2, 0.25) is 0 Å². The number of rotatable bonds is 2. The van der Waals surface area contributed by atoms with Gasteiger partial charge in [0.1, 0.15) is 0 Å². The molecule has 0 saturated heterocycles. The Labute approximate surface area is 105 Å². The van der Waals surface area contributed by atoms with Gasteiger partial charge in [0.05, 0.1) is 10.6 Å². The van der Waals surface area contributed by atoms with E-state index < -0.39 is 0 Å². The zero-order valence-corrected chi connectivity index (χ0v) is 10.9. The molecule has 4 heteroatoms. The Morgan fingerprint density at radius 2 is 2.35 bits per heavy atom. The Balaban J connectivity index is 2.17. The summed E-state index contributed by atoms with van der Waals surface area (Å²) in [6, 6.07) is 2.16. The van der Waals surface area contributed by atoms with Crippen LogP contribution in [-0.2, 0) is 19.5 Å². The van der Waals surface area contributed by atoms with Crippen LogP contribution in [0, 0.1) is 6.92 Å². The van der Waals surface area contributed by atoms with E-state index in [0.29, 0.717) is 6.54 Å². The highest BCUT2D eigenvalue weighted by molar-refractivity contribution is 7.13. The summed E-state index contributed by atoms with van der Waals surface area (Å²) in [6.45, 7) is 3.80. The normalized spacial score (nSPS) is 14.9. The minimum Gasteiger partial charge on any atom is -0.327 e. The first kappa shape index (κ1) is 11.0. The monoisotopic (exact) mass is 247 g/mol.